The van der Waals surface area contributed by atoms with Crippen molar-refractivity contribution in [2.24, 2.45) is 5.92 Å². The predicted octanol–water partition coefficient (Wildman–Crippen LogP) is 2.56. The van der Waals surface area contributed by atoms with Gasteiger partial charge < -0.3 is 0 Å². The standard InChI is InChI=1S/C10H13ClN2/c11-7-9-4-5-12-10(13-9)6-8-2-1-3-8/h4-5,8H,1-3,6-7H2. The zero-order valence-electron chi connectivity index (χ0n) is 7.54. The van der Waals surface area contributed by atoms with E-state index in [1.54, 1.807) is 6.20 Å². The second-order valence-corrected chi connectivity index (χ2v) is 3.87. The molecule has 0 radical (unpaired) electrons. The first kappa shape index (κ1) is 8.95. The van der Waals surface area contributed by atoms with Crippen molar-refractivity contribution in [3.05, 3.63) is 23.8 Å². The first-order valence-electron chi connectivity index (χ1n) is 4.75. The van der Waals surface area contributed by atoms with Gasteiger partial charge in [-0.05, 0) is 12.0 Å². The number of rotatable bonds is 3. The lowest BCUT2D eigenvalue weighted by atomic mass is 9.83. The SMILES string of the molecule is ClCc1ccnc(CC2CCC2)n1. The maximum atomic E-state index is 5.69. The smallest absolute Gasteiger partial charge is 0.128 e. The van der Waals surface area contributed by atoms with Gasteiger partial charge in [-0.2, -0.15) is 0 Å². The molecule has 1 aliphatic carbocycles. The minimum absolute atomic E-state index is 0.486. The van der Waals surface area contributed by atoms with Crippen molar-refractivity contribution < 1.29 is 0 Å². The van der Waals surface area contributed by atoms with Crippen LogP contribution in [0.2, 0.25) is 0 Å². The Morgan fingerprint density at radius 2 is 2.31 bits per heavy atom. The van der Waals surface area contributed by atoms with Crippen LogP contribution in [0, 0.1) is 5.92 Å². The summed E-state index contributed by atoms with van der Waals surface area (Å²) in [6, 6.07) is 1.87. The van der Waals surface area contributed by atoms with Gasteiger partial charge in [-0.1, -0.05) is 19.3 Å². The van der Waals surface area contributed by atoms with Gasteiger partial charge in [-0.15, -0.1) is 11.6 Å². The molecule has 1 aromatic heterocycles. The highest BCUT2D eigenvalue weighted by atomic mass is 35.5. The Bertz CT molecular complexity index is 284. The number of alkyl halides is 1. The molecule has 0 N–H and O–H groups in total. The summed E-state index contributed by atoms with van der Waals surface area (Å²) in [7, 11) is 0. The molecule has 2 rings (SSSR count). The van der Waals surface area contributed by atoms with Crippen LogP contribution in [0.25, 0.3) is 0 Å². The molecule has 3 heteroatoms. The Kier molecular flexibility index (Phi) is 2.79. The van der Waals surface area contributed by atoms with E-state index in [-0.39, 0.29) is 0 Å². The van der Waals surface area contributed by atoms with Crippen molar-refractivity contribution in [2.75, 3.05) is 0 Å². The summed E-state index contributed by atoms with van der Waals surface area (Å²) >= 11 is 5.69. The van der Waals surface area contributed by atoms with Gasteiger partial charge in [0, 0.05) is 12.6 Å². The zero-order chi connectivity index (χ0) is 9.10. The van der Waals surface area contributed by atoms with Crippen molar-refractivity contribution in [3.63, 3.8) is 0 Å². The maximum Gasteiger partial charge on any atom is 0.128 e. The average Bonchev–Trinajstić information content (AvgIpc) is 2.12. The van der Waals surface area contributed by atoms with Crippen LogP contribution in [0.1, 0.15) is 30.8 Å². The van der Waals surface area contributed by atoms with Gasteiger partial charge in [0.1, 0.15) is 5.82 Å². The third-order valence-electron chi connectivity index (χ3n) is 2.60. The molecule has 0 aromatic carbocycles. The second kappa shape index (κ2) is 4.05. The molecule has 1 aromatic rings. The third-order valence-corrected chi connectivity index (χ3v) is 2.87. The van der Waals surface area contributed by atoms with E-state index in [0.717, 1.165) is 23.9 Å². The molecule has 0 amide bonds. The fraction of sp³-hybridized carbons (Fsp3) is 0.600. The molecular weight excluding hydrogens is 184 g/mol. The lowest BCUT2D eigenvalue weighted by molar-refractivity contribution is 0.309. The van der Waals surface area contributed by atoms with E-state index in [1.165, 1.54) is 19.3 Å². The highest BCUT2D eigenvalue weighted by Crippen LogP contribution is 2.28. The van der Waals surface area contributed by atoms with E-state index in [2.05, 4.69) is 9.97 Å². The van der Waals surface area contributed by atoms with Crippen LogP contribution in [-0.4, -0.2) is 9.97 Å². The number of hydrogen-bond donors (Lipinski definition) is 0. The second-order valence-electron chi connectivity index (χ2n) is 3.60. The molecule has 13 heavy (non-hydrogen) atoms. The van der Waals surface area contributed by atoms with E-state index < -0.39 is 0 Å². The number of nitrogens with zero attached hydrogens (tertiary/aromatic N) is 2. The van der Waals surface area contributed by atoms with Gasteiger partial charge in [-0.25, -0.2) is 9.97 Å². The Morgan fingerprint density at radius 1 is 1.46 bits per heavy atom. The minimum atomic E-state index is 0.486. The number of halogens is 1. The molecule has 0 atom stereocenters. The van der Waals surface area contributed by atoms with Gasteiger partial charge in [0.15, 0.2) is 0 Å². The molecule has 1 heterocycles. The summed E-state index contributed by atoms with van der Waals surface area (Å²) in [6.07, 6.45) is 6.90. The van der Waals surface area contributed by atoms with Crippen LogP contribution in [-0.2, 0) is 12.3 Å². The van der Waals surface area contributed by atoms with Crippen LogP contribution in [0.15, 0.2) is 12.3 Å². The van der Waals surface area contributed by atoms with E-state index in [9.17, 15) is 0 Å². The number of aromatic nitrogens is 2. The van der Waals surface area contributed by atoms with Crippen LogP contribution >= 0.6 is 11.6 Å². The first-order chi connectivity index (χ1) is 6.38. The Morgan fingerprint density at radius 3 is 2.92 bits per heavy atom. The Balaban J connectivity index is 2.01. The third kappa shape index (κ3) is 2.19. The normalized spacial score (nSPS) is 17.0. The molecule has 1 saturated carbocycles. The van der Waals surface area contributed by atoms with Crippen molar-refractivity contribution >= 4 is 11.6 Å². The van der Waals surface area contributed by atoms with Gasteiger partial charge in [-0.3, -0.25) is 0 Å². The Labute approximate surface area is 83.4 Å². The van der Waals surface area contributed by atoms with Crippen molar-refractivity contribution in [3.8, 4) is 0 Å². The molecule has 1 fully saturated rings. The largest absolute Gasteiger partial charge is 0.241 e. The van der Waals surface area contributed by atoms with E-state index in [1.807, 2.05) is 6.07 Å². The Hall–Kier alpha value is -0.630. The highest BCUT2D eigenvalue weighted by Gasteiger charge is 2.18. The molecule has 0 spiro atoms. The molecule has 0 aliphatic heterocycles. The predicted molar refractivity (Wildman–Crippen MR) is 52.6 cm³/mol. The summed E-state index contributed by atoms with van der Waals surface area (Å²) in [5.74, 6) is 2.27. The average molecular weight is 197 g/mol. The fourth-order valence-electron chi connectivity index (χ4n) is 1.57. The van der Waals surface area contributed by atoms with Gasteiger partial charge in [0.2, 0.25) is 0 Å². The van der Waals surface area contributed by atoms with E-state index >= 15 is 0 Å². The highest BCUT2D eigenvalue weighted by molar-refractivity contribution is 6.16. The molecule has 0 bridgehead atoms. The topological polar surface area (TPSA) is 25.8 Å². The molecular formula is C10H13ClN2. The quantitative estimate of drug-likeness (QED) is 0.695. The summed E-state index contributed by atoms with van der Waals surface area (Å²) in [6.45, 7) is 0. The minimum Gasteiger partial charge on any atom is -0.241 e. The summed E-state index contributed by atoms with van der Waals surface area (Å²) in [5, 5.41) is 0. The molecule has 0 saturated heterocycles. The van der Waals surface area contributed by atoms with Crippen LogP contribution in [0.5, 0.6) is 0 Å². The summed E-state index contributed by atoms with van der Waals surface area (Å²) < 4.78 is 0. The fourth-order valence-corrected chi connectivity index (χ4v) is 1.72. The van der Waals surface area contributed by atoms with E-state index in [0.29, 0.717) is 5.88 Å². The molecule has 0 unspecified atom stereocenters. The first-order valence-corrected chi connectivity index (χ1v) is 5.28. The molecule has 2 nitrogen and oxygen atoms in total. The monoisotopic (exact) mass is 196 g/mol. The lowest BCUT2D eigenvalue weighted by Crippen LogP contribution is -2.15. The summed E-state index contributed by atoms with van der Waals surface area (Å²) in [4.78, 5) is 8.61. The molecule has 70 valence electrons. The number of hydrogen-bond acceptors (Lipinski definition) is 2. The van der Waals surface area contributed by atoms with Crippen LogP contribution < -0.4 is 0 Å². The van der Waals surface area contributed by atoms with Gasteiger partial charge in [0.05, 0.1) is 11.6 Å². The van der Waals surface area contributed by atoms with Gasteiger partial charge >= 0.3 is 0 Å². The van der Waals surface area contributed by atoms with Crippen LogP contribution in [0.4, 0.5) is 0 Å². The van der Waals surface area contributed by atoms with Crippen molar-refractivity contribution in [2.45, 2.75) is 31.6 Å². The maximum absolute atomic E-state index is 5.69. The van der Waals surface area contributed by atoms with Crippen molar-refractivity contribution in [1.29, 1.82) is 0 Å². The lowest BCUT2D eigenvalue weighted by Gasteiger charge is -2.24. The van der Waals surface area contributed by atoms with E-state index in [4.69, 9.17) is 11.6 Å². The molecule has 1 aliphatic rings. The summed E-state index contributed by atoms with van der Waals surface area (Å²) in [5.41, 5.74) is 0.936. The van der Waals surface area contributed by atoms with Gasteiger partial charge in [0.25, 0.3) is 0 Å². The van der Waals surface area contributed by atoms with Crippen LogP contribution in [0.3, 0.4) is 0 Å². The zero-order valence-corrected chi connectivity index (χ0v) is 8.30. The van der Waals surface area contributed by atoms with Crippen molar-refractivity contribution in [1.82, 2.24) is 9.97 Å².